The van der Waals surface area contributed by atoms with Crippen LogP contribution < -0.4 is 18.9 Å². The number of rotatable bonds is 1. The molecule has 2 aliphatic heterocycles. The van der Waals surface area contributed by atoms with Crippen LogP contribution in [0.15, 0.2) is 30.3 Å². The lowest BCUT2D eigenvalue weighted by Gasteiger charge is -2.37. The molecular formula is C20H20O4. The first-order chi connectivity index (χ1) is 11.7. The van der Waals surface area contributed by atoms with E-state index in [0.29, 0.717) is 25.4 Å². The first kappa shape index (κ1) is 14.0. The van der Waals surface area contributed by atoms with Crippen molar-refractivity contribution in [1.29, 1.82) is 0 Å². The maximum Gasteiger partial charge on any atom is 0.231 e. The third-order valence-electron chi connectivity index (χ3n) is 5.70. The molecule has 5 rings (SSSR count). The second kappa shape index (κ2) is 5.07. The molecule has 24 heavy (non-hydrogen) atoms. The zero-order chi connectivity index (χ0) is 16.3. The summed E-state index contributed by atoms with van der Waals surface area (Å²) in [5.41, 5.74) is 3.91. The van der Waals surface area contributed by atoms with Gasteiger partial charge >= 0.3 is 0 Å². The molecule has 124 valence electrons. The van der Waals surface area contributed by atoms with Gasteiger partial charge in [0.25, 0.3) is 0 Å². The minimum atomic E-state index is 0.273. The van der Waals surface area contributed by atoms with E-state index < -0.39 is 0 Å². The number of benzene rings is 2. The topological polar surface area (TPSA) is 36.9 Å². The van der Waals surface area contributed by atoms with Gasteiger partial charge in [0.15, 0.2) is 23.0 Å². The van der Waals surface area contributed by atoms with Gasteiger partial charge in [0.05, 0.1) is 0 Å². The highest BCUT2D eigenvalue weighted by atomic mass is 16.7. The van der Waals surface area contributed by atoms with Crippen molar-refractivity contribution in [3.8, 4) is 23.0 Å². The van der Waals surface area contributed by atoms with Crippen molar-refractivity contribution in [3.05, 3.63) is 47.0 Å². The van der Waals surface area contributed by atoms with Crippen molar-refractivity contribution in [3.63, 3.8) is 0 Å². The molecule has 0 N–H and O–H groups in total. The predicted octanol–water partition coefficient (Wildman–Crippen LogP) is 4.10. The van der Waals surface area contributed by atoms with Crippen molar-refractivity contribution in [2.24, 2.45) is 11.8 Å². The van der Waals surface area contributed by atoms with Crippen molar-refractivity contribution in [1.82, 2.24) is 0 Å². The van der Waals surface area contributed by atoms with Gasteiger partial charge in [-0.2, -0.15) is 0 Å². The summed E-state index contributed by atoms with van der Waals surface area (Å²) in [6.45, 7) is 5.28. The summed E-state index contributed by atoms with van der Waals surface area (Å²) in [6, 6.07) is 10.5. The number of ether oxygens (including phenoxy) is 4. The Balaban J connectivity index is 1.69. The molecule has 0 aromatic heterocycles. The van der Waals surface area contributed by atoms with Gasteiger partial charge in [-0.1, -0.05) is 26.0 Å². The Bertz CT molecular complexity index is 814. The van der Waals surface area contributed by atoms with Gasteiger partial charge in [-0.05, 0) is 47.6 Å². The molecule has 2 heterocycles. The van der Waals surface area contributed by atoms with E-state index in [9.17, 15) is 0 Å². The molecule has 3 aliphatic rings. The summed E-state index contributed by atoms with van der Waals surface area (Å²) < 4.78 is 22.5. The molecule has 0 fully saturated rings. The van der Waals surface area contributed by atoms with Crippen molar-refractivity contribution < 1.29 is 18.9 Å². The van der Waals surface area contributed by atoms with Gasteiger partial charge in [-0.15, -0.1) is 0 Å². The molecule has 0 saturated carbocycles. The fourth-order valence-electron chi connectivity index (χ4n) is 4.25. The van der Waals surface area contributed by atoms with Crippen LogP contribution in [0.3, 0.4) is 0 Å². The maximum atomic E-state index is 5.85. The molecule has 4 nitrogen and oxygen atoms in total. The Kier molecular flexibility index (Phi) is 2.96. The number of fused-ring (bicyclic) bond motifs is 4. The molecule has 4 heteroatoms. The smallest absolute Gasteiger partial charge is 0.231 e. The monoisotopic (exact) mass is 324 g/mol. The van der Waals surface area contributed by atoms with E-state index in [4.69, 9.17) is 18.9 Å². The standard InChI is InChI=1S/C20H20O4/c1-11-7-13-4-6-16-20(24-10-22-16)19(13)18(12(11)2)14-3-5-15-17(8-14)23-9-21-15/h3-6,8,11-12,18H,7,9-10H2,1-2H3/t11-,12-,18-/m1/s1. The van der Waals surface area contributed by atoms with E-state index in [2.05, 4.69) is 32.0 Å². The summed E-state index contributed by atoms with van der Waals surface area (Å²) in [7, 11) is 0. The summed E-state index contributed by atoms with van der Waals surface area (Å²) >= 11 is 0. The quantitative estimate of drug-likeness (QED) is 0.791. The van der Waals surface area contributed by atoms with Crippen molar-refractivity contribution in [2.45, 2.75) is 26.2 Å². The lowest BCUT2D eigenvalue weighted by Crippen LogP contribution is -2.27. The predicted molar refractivity (Wildman–Crippen MR) is 89.0 cm³/mol. The van der Waals surface area contributed by atoms with E-state index in [1.807, 2.05) is 12.1 Å². The van der Waals surface area contributed by atoms with Gasteiger partial charge in [-0.25, -0.2) is 0 Å². The Labute approximate surface area is 141 Å². The van der Waals surface area contributed by atoms with Crippen molar-refractivity contribution in [2.75, 3.05) is 13.6 Å². The number of hydrogen-bond acceptors (Lipinski definition) is 4. The molecule has 0 amide bonds. The van der Waals surface area contributed by atoms with Crippen LogP contribution in [0.4, 0.5) is 0 Å². The highest BCUT2D eigenvalue weighted by Crippen LogP contribution is 2.52. The third-order valence-corrected chi connectivity index (χ3v) is 5.70. The summed E-state index contributed by atoms with van der Waals surface area (Å²) in [6.07, 6.45) is 1.08. The minimum absolute atomic E-state index is 0.273. The van der Waals surface area contributed by atoms with Gasteiger partial charge in [-0.3, -0.25) is 0 Å². The van der Waals surface area contributed by atoms with Crippen LogP contribution in [0.25, 0.3) is 0 Å². The first-order valence-electron chi connectivity index (χ1n) is 8.53. The second-order valence-electron chi connectivity index (χ2n) is 7.00. The molecule has 2 aromatic rings. The van der Waals surface area contributed by atoms with Crippen LogP contribution in [0.1, 0.15) is 36.5 Å². The van der Waals surface area contributed by atoms with E-state index in [0.717, 1.165) is 29.4 Å². The molecule has 0 spiro atoms. The highest BCUT2D eigenvalue weighted by molar-refractivity contribution is 5.58. The average molecular weight is 324 g/mol. The Morgan fingerprint density at radius 3 is 2.50 bits per heavy atom. The number of hydrogen-bond donors (Lipinski definition) is 0. The van der Waals surface area contributed by atoms with Crippen LogP contribution in [0, 0.1) is 11.8 Å². The summed E-state index contributed by atoms with van der Waals surface area (Å²) in [5, 5.41) is 0. The Morgan fingerprint density at radius 2 is 1.58 bits per heavy atom. The molecule has 0 radical (unpaired) electrons. The molecular weight excluding hydrogens is 304 g/mol. The zero-order valence-electron chi connectivity index (χ0n) is 13.9. The van der Waals surface area contributed by atoms with Gasteiger partial charge in [0, 0.05) is 11.5 Å². The SMILES string of the molecule is C[C@H]1[C@H](c2ccc3c(c2)OCO3)c2c(ccc3c2OCO3)C[C@H]1C. The lowest BCUT2D eigenvalue weighted by molar-refractivity contribution is 0.171. The molecule has 0 unspecified atom stereocenters. The normalized spacial score (nSPS) is 26.3. The third kappa shape index (κ3) is 1.92. The first-order valence-corrected chi connectivity index (χ1v) is 8.53. The summed E-state index contributed by atoms with van der Waals surface area (Å²) in [5.74, 6) is 4.84. The van der Waals surface area contributed by atoms with Crippen molar-refractivity contribution >= 4 is 0 Å². The lowest BCUT2D eigenvalue weighted by atomic mass is 9.67. The highest BCUT2D eigenvalue weighted by Gasteiger charge is 2.37. The molecule has 3 atom stereocenters. The van der Waals surface area contributed by atoms with Gasteiger partial charge < -0.3 is 18.9 Å². The largest absolute Gasteiger partial charge is 0.454 e. The van der Waals surface area contributed by atoms with Crippen LogP contribution in [-0.4, -0.2) is 13.6 Å². The molecule has 2 aromatic carbocycles. The van der Waals surface area contributed by atoms with E-state index in [-0.39, 0.29) is 5.92 Å². The minimum Gasteiger partial charge on any atom is -0.454 e. The van der Waals surface area contributed by atoms with Gasteiger partial charge in [0.1, 0.15) is 0 Å². The fraction of sp³-hybridized carbons (Fsp3) is 0.400. The molecule has 0 bridgehead atoms. The van der Waals surface area contributed by atoms with Crippen LogP contribution >= 0.6 is 0 Å². The van der Waals surface area contributed by atoms with Crippen LogP contribution in [-0.2, 0) is 6.42 Å². The van der Waals surface area contributed by atoms with E-state index >= 15 is 0 Å². The fourth-order valence-corrected chi connectivity index (χ4v) is 4.25. The second-order valence-corrected chi connectivity index (χ2v) is 7.00. The molecule has 1 aliphatic carbocycles. The molecule has 0 saturated heterocycles. The maximum absolute atomic E-state index is 5.85. The zero-order valence-corrected chi connectivity index (χ0v) is 13.9. The Hall–Kier alpha value is -2.36. The van der Waals surface area contributed by atoms with E-state index in [1.165, 1.54) is 16.7 Å². The van der Waals surface area contributed by atoms with Crippen LogP contribution in [0.2, 0.25) is 0 Å². The Morgan fingerprint density at radius 1 is 0.833 bits per heavy atom. The average Bonchev–Trinajstić information content (AvgIpc) is 3.23. The van der Waals surface area contributed by atoms with Gasteiger partial charge in [0.2, 0.25) is 13.6 Å². The van der Waals surface area contributed by atoms with Crippen LogP contribution in [0.5, 0.6) is 23.0 Å². The summed E-state index contributed by atoms with van der Waals surface area (Å²) in [4.78, 5) is 0. The van der Waals surface area contributed by atoms with E-state index in [1.54, 1.807) is 0 Å².